The van der Waals surface area contributed by atoms with Gasteiger partial charge in [0.05, 0.1) is 30.3 Å². The Morgan fingerprint density at radius 1 is 1.07 bits per heavy atom. The molecule has 1 saturated heterocycles. The number of carbonyl (C=O) groups excluding carboxylic acids is 2. The van der Waals surface area contributed by atoms with Crippen LogP contribution in [0, 0.1) is 31.1 Å². The van der Waals surface area contributed by atoms with Crippen molar-refractivity contribution in [3.63, 3.8) is 0 Å². The van der Waals surface area contributed by atoms with Crippen molar-refractivity contribution in [1.29, 1.82) is 5.26 Å². The molecule has 1 amide bonds. The molecule has 4 heterocycles. The molecule has 0 aliphatic carbocycles. The molecular weight excluding hydrogens is 602 g/mol. The quantitative estimate of drug-likeness (QED) is 0.176. The molecule has 0 bridgehead atoms. The Hall–Kier alpha value is -5.18. The highest BCUT2D eigenvalue weighted by molar-refractivity contribution is 7.15. The summed E-state index contributed by atoms with van der Waals surface area (Å²) in [6.45, 7) is 6.56. The Labute approximate surface area is 268 Å². The van der Waals surface area contributed by atoms with E-state index in [9.17, 15) is 24.8 Å². The van der Waals surface area contributed by atoms with Crippen LogP contribution >= 0.6 is 11.3 Å². The number of rotatable bonds is 7. The second kappa shape index (κ2) is 11.6. The fraction of sp³-hybridized carbons (Fsp3) is 0.257. The number of oxazole rings is 1. The summed E-state index contributed by atoms with van der Waals surface area (Å²) in [6, 6.07) is 18.1. The van der Waals surface area contributed by atoms with E-state index in [-0.39, 0.29) is 5.92 Å². The van der Waals surface area contributed by atoms with Crippen molar-refractivity contribution in [3.8, 4) is 39.2 Å². The van der Waals surface area contributed by atoms with Crippen molar-refractivity contribution in [2.75, 3.05) is 13.1 Å². The summed E-state index contributed by atoms with van der Waals surface area (Å²) in [7, 11) is 0. The van der Waals surface area contributed by atoms with E-state index in [0.717, 1.165) is 54.5 Å². The topological polar surface area (TPSA) is 141 Å². The number of carboxylic acids is 1. The Balaban J connectivity index is 1.20. The first-order valence-corrected chi connectivity index (χ1v) is 15.8. The van der Waals surface area contributed by atoms with Crippen molar-refractivity contribution in [2.45, 2.75) is 39.9 Å². The maximum atomic E-state index is 11.8. The first-order valence-electron chi connectivity index (χ1n) is 15.0. The molecule has 1 fully saturated rings. The number of nitriles is 1. The summed E-state index contributed by atoms with van der Waals surface area (Å²) in [5.74, 6) is -1.24. The smallest absolute Gasteiger partial charge is 0.307 e. The summed E-state index contributed by atoms with van der Waals surface area (Å²) < 4.78 is 6.23. The van der Waals surface area contributed by atoms with Gasteiger partial charge in [0, 0.05) is 29.1 Å². The van der Waals surface area contributed by atoms with Crippen LogP contribution in [0.25, 0.3) is 44.3 Å². The average molecular weight is 632 g/mol. The third kappa shape index (κ3) is 5.15. The lowest BCUT2D eigenvalue weighted by atomic mass is 9.91. The molecule has 0 radical (unpaired) electrons. The minimum atomic E-state index is -0.773. The molecular formula is C35H29N5O5S. The predicted molar refractivity (Wildman–Crippen MR) is 172 cm³/mol. The highest BCUT2D eigenvalue weighted by atomic mass is 32.1. The van der Waals surface area contributed by atoms with Gasteiger partial charge < -0.3 is 14.4 Å². The van der Waals surface area contributed by atoms with Crippen LogP contribution in [0.5, 0.6) is 0 Å². The van der Waals surface area contributed by atoms with Crippen molar-refractivity contribution in [1.82, 2.24) is 19.8 Å². The van der Waals surface area contributed by atoms with Crippen molar-refractivity contribution < 1.29 is 23.9 Å². The SMILES string of the molecule is Cc1c(-c2nc3cc(CN4CC[C@@H](C(=O)O)C4)cc(C#N)c3o2)cccc1-c1cccc(-c2nc3c(s2)CN(C(=O)C=O)C3)c1C. The largest absolute Gasteiger partial charge is 0.481 e. The molecule has 2 aromatic heterocycles. The van der Waals surface area contributed by atoms with E-state index >= 15 is 0 Å². The molecule has 5 aromatic rings. The normalized spacial score (nSPS) is 16.1. The van der Waals surface area contributed by atoms with Crippen LogP contribution in [-0.2, 0) is 34.0 Å². The van der Waals surface area contributed by atoms with Gasteiger partial charge in [0.25, 0.3) is 5.91 Å². The Kier molecular flexibility index (Phi) is 7.47. The highest BCUT2D eigenvalue weighted by Gasteiger charge is 2.29. The van der Waals surface area contributed by atoms with Crippen LogP contribution < -0.4 is 0 Å². The zero-order valence-corrected chi connectivity index (χ0v) is 26.1. The monoisotopic (exact) mass is 631 g/mol. The molecule has 11 heteroatoms. The number of aldehydes is 1. The second-order valence-electron chi connectivity index (χ2n) is 11.8. The first kappa shape index (κ1) is 29.5. The number of thiazole rings is 1. The number of hydrogen-bond donors (Lipinski definition) is 1. The van der Waals surface area contributed by atoms with Gasteiger partial charge in [-0.3, -0.25) is 19.3 Å². The summed E-state index contributed by atoms with van der Waals surface area (Å²) in [5, 5.41) is 20.2. The van der Waals surface area contributed by atoms with E-state index < -0.39 is 11.9 Å². The number of carboxylic acid groups (broad SMARTS) is 1. The summed E-state index contributed by atoms with van der Waals surface area (Å²) >= 11 is 1.55. The third-order valence-electron chi connectivity index (χ3n) is 8.98. The van der Waals surface area contributed by atoms with Crippen LogP contribution in [-0.4, -0.2) is 56.1 Å². The average Bonchev–Trinajstić information content (AvgIpc) is 3.84. The molecule has 0 unspecified atom stereocenters. The number of hydrogen-bond acceptors (Lipinski definition) is 9. The van der Waals surface area contributed by atoms with Gasteiger partial charge in [-0.2, -0.15) is 5.26 Å². The zero-order valence-electron chi connectivity index (χ0n) is 25.2. The van der Waals surface area contributed by atoms with E-state index in [2.05, 4.69) is 30.0 Å². The Bertz CT molecular complexity index is 2080. The van der Waals surface area contributed by atoms with E-state index in [4.69, 9.17) is 14.4 Å². The van der Waals surface area contributed by atoms with Gasteiger partial charge in [-0.1, -0.05) is 30.3 Å². The molecule has 3 aromatic carbocycles. The standard InChI is InChI=1S/C35H29N5O5S/c1-19-24(25-6-4-8-27(20(25)2)34-38-29-16-40(31(42)18-41)17-30(29)46-34)5-3-7-26(19)33-37-28-12-21(11-23(13-36)32(28)45-33)14-39-10-9-22(15-39)35(43)44/h3-8,11-12,18,22H,9-10,14-17H2,1-2H3,(H,43,44)/t22-/m1/s1. The van der Waals surface area contributed by atoms with Gasteiger partial charge in [0.1, 0.15) is 16.6 Å². The van der Waals surface area contributed by atoms with Crippen LogP contribution in [0.1, 0.15) is 39.2 Å². The maximum Gasteiger partial charge on any atom is 0.307 e. The highest BCUT2D eigenvalue weighted by Crippen LogP contribution is 2.40. The van der Waals surface area contributed by atoms with Gasteiger partial charge in [0.2, 0.25) is 12.2 Å². The van der Waals surface area contributed by atoms with E-state index in [1.54, 1.807) is 17.4 Å². The van der Waals surface area contributed by atoms with Gasteiger partial charge in [-0.25, -0.2) is 9.97 Å². The minimum Gasteiger partial charge on any atom is -0.481 e. The minimum absolute atomic E-state index is 0.340. The number of amides is 1. The summed E-state index contributed by atoms with van der Waals surface area (Å²) in [5.41, 5.74) is 9.09. The Morgan fingerprint density at radius 2 is 1.78 bits per heavy atom. The maximum absolute atomic E-state index is 11.8. The fourth-order valence-electron chi connectivity index (χ4n) is 6.52. The lowest BCUT2D eigenvalue weighted by molar-refractivity contribution is -0.141. The predicted octanol–water partition coefficient (Wildman–Crippen LogP) is 5.72. The van der Waals surface area contributed by atoms with Crippen LogP contribution in [0.3, 0.4) is 0 Å². The second-order valence-corrected chi connectivity index (χ2v) is 12.9. The molecule has 2 aliphatic rings. The molecule has 1 N–H and O–H groups in total. The van der Waals surface area contributed by atoms with Crippen molar-refractivity contribution in [3.05, 3.63) is 81.4 Å². The van der Waals surface area contributed by atoms with Crippen LogP contribution in [0.15, 0.2) is 52.9 Å². The number of aromatic nitrogens is 2. The fourth-order valence-corrected chi connectivity index (χ4v) is 7.69. The van der Waals surface area contributed by atoms with E-state index in [0.29, 0.717) is 68.0 Å². The number of aliphatic carboxylic acids is 1. The van der Waals surface area contributed by atoms with E-state index in [1.807, 2.05) is 37.3 Å². The van der Waals surface area contributed by atoms with Crippen molar-refractivity contribution >= 4 is 40.6 Å². The molecule has 2 aliphatic heterocycles. The number of carbonyl (C=O) groups is 3. The van der Waals surface area contributed by atoms with Crippen molar-refractivity contribution in [2.24, 2.45) is 5.92 Å². The number of fused-ring (bicyclic) bond motifs is 2. The molecule has 7 rings (SSSR count). The lowest BCUT2D eigenvalue weighted by Gasteiger charge is -2.15. The molecule has 0 spiro atoms. The van der Waals surface area contributed by atoms with E-state index in [1.165, 1.54) is 4.90 Å². The zero-order chi connectivity index (χ0) is 32.1. The first-order chi connectivity index (χ1) is 22.2. The molecule has 10 nitrogen and oxygen atoms in total. The molecule has 0 saturated carbocycles. The third-order valence-corrected chi connectivity index (χ3v) is 10.1. The van der Waals surface area contributed by atoms with Crippen LogP contribution in [0.2, 0.25) is 0 Å². The van der Waals surface area contributed by atoms with Gasteiger partial charge >= 0.3 is 5.97 Å². The summed E-state index contributed by atoms with van der Waals surface area (Å²) in [6.07, 6.45) is 0.959. The molecule has 46 heavy (non-hydrogen) atoms. The number of nitrogens with zero attached hydrogens (tertiary/aromatic N) is 5. The lowest BCUT2D eigenvalue weighted by Crippen LogP contribution is -2.26. The molecule has 1 atom stereocenters. The van der Waals surface area contributed by atoms with Gasteiger partial charge in [0.15, 0.2) is 5.58 Å². The van der Waals surface area contributed by atoms with Crippen LogP contribution in [0.4, 0.5) is 0 Å². The summed E-state index contributed by atoms with van der Waals surface area (Å²) in [4.78, 5) is 48.4. The number of benzene rings is 3. The molecule has 230 valence electrons. The Morgan fingerprint density at radius 3 is 2.46 bits per heavy atom. The number of likely N-dealkylation sites (tertiary alicyclic amines) is 1. The van der Waals surface area contributed by atoms with Gasteiger partial charge in [-0.05, 0) is 72.8 Å². The van der Waals surface area contributed by atoms with Gasteiger partial charge in [-0.15, -0.1) is 11.3 Å².